The predicted octanol–water partition coefficient (Wildman–Crippen LogP) is 2.68. The van der Waals surface area contributed by atoms with Gasteiger partial charge in [0.15, 0.2) is 0 Å². The summed E-state index contributed by atoms with van der Waals surface area (Å²) in [7, 11) is 0. The third-order valence-electron chi connectivity index (χ3n) is 1.94. The van der Waals surface area contributed by atoms with Crippen molar-refractivity contribution in [2.75, 3.05) is 0 Å². The van der Waals surface area contributed by atoms with Gasteiger partial charge < -0.3 is 4.74 Å². The molecule has 0 aliphatic carbocycles. The standard InChI is InChI=1S/C10H18O2/c1-6-8(3)9(11)12-10(4,5)7-2/h3,6-7H2,1-2,4-5H3. The molecule has 0 rings (SSSR count). The smallest absolute Gasteiger partial charge is 0.333 e. The number of carbonyl (C=O) groups is 1. The van der Waals surface area contributed by atoms with Gasteiger partial charge in [-0.2, -0.15) is 0 Å². The molecule has 0 saturated heterocycles. The van der Waals surface area contributed by atoms with Crippen LogP contribution in [0.25, 0.3) is 0 Å². The molecule has 0 atom stereocenters. The Labute approximate surface area is 74.6 Å². The Morgan fingerprint density at radius 2 is 1.92 bits per heavy atom. The highest BCUT2D eigenvalue weighted by atomic mass is 16.6. The average Bonchev–Trinajstić information content (AvgIpc) is 2.02. The maximum absolute atomic E-state index is 11.2. The molecule has 0 unspecified atom stereocenters. The molecule has 0 aliphatic heterocycles. The van der Waals surface area contributed by atoms with Crippen molar-refractivity contribution in [1.29, 1.82) is 0 Å². The van der Waals surface area contributed by atoms with Gasteiger partial charge in [0.1, 0.15) is 5.60 Å². The van der Waals surface area contributed by atoms with E-state index in [9.17, 15) is 4.79 Å². The summed E-state index contributed by atoms with van der Waals surface area (Å²) in [5, 5.41) is 0. The molecule has 0 bridgehead atoms. The minimum absolute atomic E-state index is 0.274. The Hall–Kier alpha value is -0.790. The lowest BCUT2D eigenvalue weighted by atomic mass is 10.1. The van der Waals surface area contributed by atoms with E-state index in [1.807, 2.05) is 27.7 Å². The molecule has 12 heavy (non-hydrogen) atoms. The van der Waals surface area contributed by atoms with Crippen molar-refractivity contribution in [3.8, 4) is 0 Å². The summed E-state index contributed by atoms with van der Waals surface area (Å²) in [5.74, 6) is -0.274. The van der Waals surface area contributed by atoms with Crippen LogP contribution in [0.5, 0.6) is 0 Å². The van der Waals surface area contributed by atoms with Crippen molar-refractivity contribution in [3.63, 3.8) is 0 Å². The first-order valence-corrected chi connectivity index (χ1v) is 4.34. The molecule has 0 aromatic carbocycles. The van der Waals surface area contributed by atoms with Crippen molar-refractivity contribution in [2.24, 2.45) is 0 Å². The van der Waals surface area contributed by atoms with Gasteiger partial charge in [0.2, 0.25) is 0 Å². The molecule has 0 N–H and O–H groups in total. The van der Waals surface area contributed by atoms with Crippen LogP contribution in [0.2, 0.25) is 0 Å². The molecule has 0 aromatic heterocycles. The molecular formula is C10H18O2. The van der Waals surface area contributed by atoms with Crippen molar-refractivity contribution in [2.45, 2.75) is 46.1 Å². The largest absolute Gasteiger partial charge is 0.456 e. The number of esters is 1. The van der Waals surface area contributed by atoms with Crippen LogP contribution >= 0.6 is 0 Å². The summed E-state index contributed by atoms with van der Waals surface area (Å²) in [4.78, 5) is 11.2. The van der Waals surface area contributed by atoms with Gasteiger partial charge in [0.05, 0.1) is 0 Å². The van der Waals surface area contributed by atoms with E-state index in [-0.39, 0.29) is 11.6 Å². The second kappa shape index (κ2) is 4.29. The minimum Gasteiger partial charge on any atom is -0.456 e. The maximum Gasteiger partial charge on any atom is 0.333 e. The molecule has 0 aliphatic rings. The Morgan fingerprint density at radius 3 is 2.25 bits per heavy atom. The van der Waals surface area contributed by atoms with Gasteiger partial charge in [-0.25, -0.2) is 4.79 Å². The number of ether oxygens (including phenoxy) is 1. The molecular weight excluding hydrogens is 152 g/mol. The number of hydrogen-bond acceptors (Lipinski definition) is 2. The van der Waals surface area contributed by atoms with E-state index < -0.39 is 0 Å². The Morgan fingerprint density at radius 1 is 1.42 bits per heavy atom. The van der Waals surface area contributed by atoms with E-state index in [1.165, 1.54) is 0 Å². The zero-order chi connectivity index (χ0) is 9.78. The van der Waals surface area contributed by atoms with Crippen molar-refractivity contribution < 1.29 is 9.53 Å². The quantitative estimate of drug-likeness (QED) is 0.479. The SMILES string of the molecule is C=C(CC)C(=O)OC(C)(C)CC. The van der Waals surface area contributed by atoms with E-state index in [2.05, 4.69) is 6.58 Å². The molecule has 70 valence electrons. The number of carbonyl (C=O) groups excluding carboxylic acids is 1. The second-order valence-electron chi connectivity index (χ2n) is 3.46. The first-order chi connectivity index (χ1) is 5.43. The van der Waals surface area contributed by atoms with Gasteiger partial charge in [-0.15, -0.1) is 0 Å². The minimum atomic E-state index is -0.366. The molecule has 0 heterocycles. The highest BCUT2D eigenvalue weighted by Gasteiger charge is 2.20. The van der Waals surface area contributed by atoms with Crippen molar-refractivity contribution in [3.05, 3.63) is 12.2 Å². The zero-order valence-corrected chi connectivity index (χ0v) is 8.44. The Kier molecular flexibility index (Phi) is 4.01. The summed E-state index contributed by atoms with van der Waals surface area (Å²) in [6.45, 7) is 11.3. The predicted molar refractivity (Wildman–Crippen MR) is 49.9 cm³/mol. The van der Waals surface area contributed by atoms with Crippen LogP contribution < -0.4 is 0 Å². The van der Waals surface area contributed by atoms with E-state index in [4.69, 9.17) is 4.74 Å². The van der Waals surface area contributed by atoms with E-state index in [0.29, 0.717) is 12.0 Å². The van der Waals surface area contributed by atoms with E-state index >= 15 is 0 Å². The van der Waals surface area contributed by atoms with Crippen LogP contribution in [0.1, 0.15) is 40.5 Å². The van der Waals surface area contributed by atoms with Crippen molar-refractivity contribution in [1.82, 2.24) is 0 Å². The fourth-order valence-corrected chi connectivity index (χ4v) is 0.540. The molecule has 0 spiro atoms. The summed E-state index contributed by atoms with van der Waals surface area (Å²) < 4.78 is 5.20. The first kappa shape index (κ1) is 11.2. The third kappa shape index (κ3) is 3.56. The fourth-order valence-electron chi connectivity index (χ4n) is 0.540. The van der Waals surface area contributed by atoms with Crippen LogP contribution in [-0.2, 0) is 9.53 Å². The van der Waals surface area contributed by atoms with E-state index in [0.717, 1.165) is 6.42 Å². The zero-order valence-electron chi connectivity index (χ0n) is 8.44. The highest BCUT2D eigenvalue weighted by Crippen LogP contribution is 2.16. The molecule has 0 aromatic rings. The van der Waals surface area contributed by atoms with Crippen molar-refractivity contribution >= 4 is 5.97 Å². The first-order valence-electron chi connectivity index (χ1n) is 4.34. The fraction of sp³-hybridized carbons (Fsp3) is 0.700. The monoisotopic (exact) mass is 170 g/mol. The van der Waals surface area contributed by atoms with Gasteiger partial charge in [-0.1, -0.05) is 20.4 Å². The van der Waals surface area contributed by atoms with Gasteiger partial charge in [0, 0.05) is 5.57 Å². The number of hydrogen-bond donors (Lipinski definition) is 0. The van der Waals surface area contributed by atoms with Gasteiger partial charge in [-0.3, -0.25) is 0 Å². The highest BCUT2D eigenvalue weighted by molar-refractivity contribution is 5.87. The Balaban J connectivity index is 4.09. The summed E-state index contributed by atoms with van der Waals surface area (Å²) in [6, 6.07) is 0. The second-order valence-corrected chi connectivity index (χ2v) is 3.46. The summed E-state index contributed by atoms with van der Waals surface area (Å²) in [6.07, 6.45) is 1.47. The van der Waals surface area contributed by atoms with Gasteiger partial charge >= 0.3 is 5.97 Å². The van der Waals surface area contributed by atoms with Crippen LogP contribution in [0.15, 0.2) is 12.2 Å². The molecule has 0 fully saturated rings. The molecule has 0 amide bonds. The third-order valence-corrected chi connectivity index (χ3v) is 1.94. The van der Waals surface area contributed by atoms with Gasteiger partial charge in [-0.05, 0) is 26.7 Å². The average molecular weight is 170 g/mol. The Bertz CT molecular complexity index is 180. The maximum atomic E-state index is 11.2. The van der Waals surface area contributed by atoms with Gasteiger partial charge in [0.25, 0.3) is 0 Å². The van der Waals surface area contributed by atoms with Crippen LogP contribution in [0, 0.1) is 0 Å². The molecule has 0 saturated carbocycles. The summed E-state index contributed by atoms with van der Waals surface area (Å²) in [5.41, 5.74) is 0.173. The lowest BCUT2D eigenvalue weighted by molar-refractivity contribution is -0.151. The number of rotatable bonds is 4. The van der Waals surface area contributed by atoms with Crippen LogP contribution in [0.3, 0.4) is 0 Å². The molecule has 0 radical (unpaired) electrons. The lowest BCUT2D eigenvalue weighted by Gasteiger charge is -2.23. The normalized spacial score (nSPS) is 11.0. The molecule has 2 heteroatoms. The molecule has 2 nitrogen and oxygen atoms in total. The lowest BCUT2D eigenvalue weighted by Crippen LogP contribution is -2.27. The van der Waals surface area contributed by atoms with Crippen LogP contribution in [0.4, 0.5) is 0 Å². The van der Waals surface area contributed by atoms with E-state index in [1.54, 1.807) is 0 Å². The summed E-state index contributed by atoms with van der Waals surface area (Å²) >= 11 is 0. The van der Waals surface area contributed by atoms with Crippen LogP contribution in [-0.4, -0.2) is 11.6 Å². The topological polar surface area (TPSA) is 26.3 Å².